The van der Waals surface area contributed by atoms with Gasteiger partial charge in [0.15, 0.2) is 0 Å². The molecule has 0 saturated heterocycles. The Labute approximate surface area is 118 Å². The first kappa shape index (κ1) is 12.9. The molecule has 0 fully saturated rings. The third-order valence-electron chi connectivity index (χ3n) is 3.77. The Bertz CT molecular complexity index is 658. The molecule has 2 aromatic carbocycles. The molecule has 0 aromatic heterocycles. The molecule has 102 valence electrons. The van der Waals surface area contributed by atoms with Crippen LogP contribution in [0.5, 0.6) is 5.75 Å². The van der Waals surface area contributed by atoms with Gasteiger partial charge in [-0.05, 0) is 65.8 Å². The van der Waals surface area contributed by atoms with Crippen LogP contribution in [0.2, 0.25) is 0 Å². The van der Waals surface area contributed by atoms with Crippen LogP contribution in [-0.2, 0) is 6.42 Å². The normalized spacial score (nSPS) is 14.2. The summed E-state index contributed by atoms with van der Waals surface area (Å²) < 4.78 is 18.7. The molecule has 0 bridgehead atoms. The van der Waals surface area contributed by atoms with E-state index in [1.54, 1.807) is 19.2 Å². The highest BCUT2D eigenvalue weighted by Crippen LogP contribution is 2.31. The second-order valence-corrected chi connectivity index (χ2v) is 5.10. The van der Waals surface area contributed by atoms with Crippen molar-refractivity contribution >= 4 is 11.6 Å². The van der Waals surface area contributed by atoms with Gasteiger partial charge < -0.3 is 4.74 Å². The summed E-state index contributed by atoms with van der Waals surface area (Å²) >= 11 is 0. The lowest BCUT2D eigenvalue weighted by Gasteiger charge is -2.07. The molecule has 0 radical (unpaired) electrons. The quantitative estimate of drug-likeness (QED) is 0.766. The second kappa shape index (κ2) is 5.49. The average molecular weight is 268 g/mol. The molecule has 2 heteroatoms. The standard InChI is InChI=1S/C18H17FO/c1-20-18-9-8-13-4-2-5-14(10-16(13)12-18)15-6-3-7-17(19)11-15/h3,6-12H,2,4-5H2,1H3. The van der Waals surface area contributed by atoms with Gasteiger partial charge in [0.2, 0.25) is 0 Å². The molecule has 0 atom stereocenters. The van der Waals surface area contributed by atoms with Crippen LogP contribution < -0.4 is 4.74 Å². The molecule has 0 saturated carbocycles. The number of halogens is 1. The molecule has 1 aliphatic rings. The molecule has 2 aromatic rings. The summed E-state index contributed by atoms with van der Waals surface area (Å²) in [5.41, 5.74) is 4.68. The topological polar surface area (TPSA) is 9.23 Å². The van der Waals surface area contributed by atoms with Crippen molar-refractivity contribution in [2.24, 2.45) is 0 Å². The zero-order valence-electron chi connectivity index (χ0n) is 11.5. The lowest BCUT2D eigenvalue weighted by atomic mass is 10.0. The Morgan fingerprint density at radius 1 is 1.05 bits per heavy atom. The Kier molecular flexibility index (Phi) is 3.55. The largest absolute Gasteiger partial charge is 0.497 e. The zero-order valence-corrected chi connectivity index (χ0v) is 11.5. The Balaban J connectivity index is 2.05. The third kappa shape index (κ3) is 2.60. The van der Waals surface area contributed by atoms with Gasteiger partial charge in [-0.3, -0.25) is 0 Å². The smallest absolute Gasteiger partial charge is 0.123 e. The molecule has 20 heavy (non-hydrogen) atoms. The molecule has 1 nitrogen and oxygen atoms in total. The first-order chi connectivity index (χ1) is 9.76. The summed E-state index contributed by atoms with van der Waals surface area (Å²) in [6, 6.07) is 13.0. The maximum Gasteiger partial charge on any atom is 0.123 e. The SMILES string of the molecule is COc1ccc2c(c1)C=C(c1cccc(F)c1)CCC2. The van der Waals surface area contributed by atoms with E-state index in [9.17, 15) is 4.39 Å². The van der Waals surface area contributed by atoms with E-state index in [-0.39, 0.29) is 5.82 Å². The van der Waals surface area contributed by atoms with Crippen LogP contribution in [0.15, 0.2) is 42.5 Å². The highest BCUT2D eigenvalue weighted by Gasteiger charge is 2.11. The molecule has 3 rings (SSSR count). The van der Waals surface area contributed by atoms with E-state index in [0.29, 0.717) is 0 Å². The van der Waals surface area contributed by atoms with Gasteiger partial charge in [0.05, 0.1) is 7.11 Å². The van der Waals surface area contributed by atoms with E-state index in [1.807, 2.05) is 12.1 Å². The van der Waals surface area contributed by atoms with Crippen molar-refractivity contribution in [3.63, 3.8) is 0 Å². The van der Waals surface area contributed by atoms with Crippen LogP contribution in [-0.4, -0.2) is 7.11 Å². The van der Waals surface area contributed by atoms with Gasteiger partial charge in [0.25, 0.3) is 0 Å². The van der Waals surface area contributed by atoms with E-state index in [4.69, 9.17) is 4.74 Å². The highest BCUT2D eigenvalue weighted by atomic mass is 19.1. The first-order valence-corrected chi connectivity index (χ1v) is 6.90. The van der Waals surface area contributed by atoms with Gasteiger partial charge in [0.1, 0.15) is 11.6 Å². The number of hydrogen-bond acceptors (Lipinski definition) is 1. The summed E-state index contributed by atoms with van der Waals surface area (Å²) in [6.45, 7) is 0. The Morgan fingerprint density at radius 3 is 2.75 bits per heavy atom. The fourth-order valence-electron chi connectivity index (χ4n) is 2.71. The van der Waals surface area contributed by atoms with Crippen LogP contribution in [0.4, 0.5) is 4.39 Å². The van der Waals surface area contributed by atoms with Gasteiger partial charge in [-0.25, -0.2) is 4.39 Å². The summed E-state index contributed by atoms with van der Waals surface area (Å²) in [7, 11) is 1.68. The van der Waals surface area contributed by atoms with Crippen LogP contribution >= 0.6 is 0 Å². The fourth-order valence-corrected chi connectivity index (χ4v) is 2.71. The van der Waals surface area contributed by atoms with Crippen molar-refractivity contribution in [2.75, 3.05) is 7.11 Å². The lowest BCUT2D eigenvalue weighted by molar-refractivity contribution is 0.414. The molecule has 0 N–H and O–H groups in total. The minimum Gasteiger partial charge on any atom is -0.497 e. The van der Waals surface area contributed by atoms with Crippen molar-refractivity contribution < 1.29 is 9.13 Å². The molecular formula is C18H17FO. The van der Waals surface area contributed by atoms with Crippen molar-refractivity contribution in [2.45, 2.75) is 19.3 Å². The minimum atomic E-state index is -0.182. The van der Waals surface area contributed by atoms with E-state index < -0.39 is 0 Å². The van der Waals surface area contributed by atoms with Crippen molar-refractivity contribution in [1.29, 1.82) is 0 Å². The Hall–Kier alpha value is -2.09. The zero-order chi connectivity index (χ0) is 13.9. The van der Waals surface area contributed by atoms with Crippen molar-refractivity contribution in [1.82, 2.24) is 0 Å². The summed E-state index contributed by atoms with van der Waals surface area (Å²) in [6.07, 6.45) is 5.27. The first-order valence-electron chi connectivity index (χ1n) is 6.90. The molecular weight excluding hydrogens is 251 g/mol. The maximum atomic E-state index is 13.4. The average Bonchev–Trinajstić information content (AvgIpc) is 2.68. The van der Waals surface area contributed by atoms with E-state index >= 15 is 0 Å². The molecule has 0 spiro atoms. The predicted molar refractivity (Wildman–Crippen MR) is 80.2 cm³/mol. The number of rotatable bonds is 2. The van der Waals surface area contributed by atoms with E-state index in [1.165, 1.54) is 22.8 Å². The highest BCUT2D eigenvalue weighted by molar-refractivity contribution is 5.83. The van der Waals surface area contributed by atoms with Gasteiger partial charge in [-0.15, -0.1) is 0 Å². The monoisotopic (exact) mass is 268 g/mol. The number of allylic oxidation sites excluding steroid dienone is 1. The number of aryl methyl sites for hydroxylation is 1. The van der Waals surface area contributed by atoms with Gasteiger partial charge in [-0.1, -0.05) is 24.3 Å². The van der Waals surface area contributed by atoms with E-state index in [0.717, 1.165) is 30.6 Å². The number of ether oxygens (including phenoxy) is 1. The van der Waals surface area contributed by atoms with Crippen LogP contribution in [0.3, 0.4) is 0 Å². The van der Waals surface area contributed by atoms with Gasteiger partial charge in [-0.2, -0.15) is 0 Å². The maximum absolute atomic E-state index is 13.4. The van der Waals surface area contributed by atoms with Crippen LogP contribution in [0.25, 0.3) is 11.6 Å². The van der Waals surface area contributed by atoms with Gasteiger partial charge >= 0.3 is 0 Å². The van der Waals surface area contributed by atoms with Gasteiger partial charge in [0, 0.05) is 0 Å². The van der Waals surface area contributed by atoms with Crippen molar-refractivity contribution in [3.05, 3.63) is 65.0 Å². The molecule has 0 aliphatic heterocycles. The molecule has 0 unspecified atom stereocenters. The molecule has 0 heterocycles. The van der Waals surface area contributed by atoms with Crippen molar-refractivity contribution in [3.8, 4) is 5.75 Å². The number of fused-ring (bicyclic) bond motifs is 1. The Morgan fingerprint density at radius 2 is 1.95 bits per heavy atom. The summed E-state index contributed by atoms with van der Waals surface area (Å²) in [5.74, 6) is 0.680. The van der Waals surface area contributed by atoms with Crippen LogP contribution in [0, 0.1) is 5.82 Å². The molecule has 1 aliphatic carbocycles. The summed E-state index contributed by atoms with van der Waals surface area (Å²) in [4.78, 5) is 0. The predicted octanol–water partition coefficient (Wildman–Crippen LogP) is 4.71. The summed E-state index contributed by atoms with van der Waals surface area (Å²) in [5, 5.41) is 0. The molecule has 0 amide bonds. The number of hydrogen-bond donors (Lipinski definition) is 0. The fraction of sp³-hybridized carbons (Fsp3) is 0.222. The van der Waals surface area contributed by atoms with Crippen LogP contribution in [0.1, 0.15) is 29.5 Å². The number of methoxy groups -OCH3 is 1. The van der Waals surface area contributed by atoms with E-state index in [2.05, 4.69) is 18.2 Å². The minimum absolute atomic E-state index is 0.182. The third-order valence-corrected chi connectivity index (χ3v) is 3.77. The lowest BCUT2D eigenvalue weighted by Crippen LogP contribution is -1.89. The second-order valence-electron chi connectivity index (χ2n) is 5.10. The number of benzene rings is 2.